The zero-order valence-corrected chi connectivity index (χ0v) is 19.7. The summed E-state index contributed by atoms with van der Waals surface area (Å²) in [7, 11) is 0. The van der Waals surface area contributed by atoms with Crippen molar-refractivity contribution in [2.24, 2.45) is 0 Å². The summed E-state index contributed by atoms with van der Waals surface area (Å²) in [5.41, 5.74) is 1.16. The van der Waals surface area contributed by atoms with Crippen molar-refractivity contribution in [3.8, 4) is 5.75 Å². The molecule has 0 unspecified atom stereocenters. The topological polar surface area (TPSA) is 124 Å². The summed E-state index contributed by atoms with van der Waals surface area (Å²) in [6.45, 7) is 5.64. The van der Waals surface area contributed by atoms with Crippen molar-refractivity contribution in [1.29, 1.82) is 0 Å². The van der Waals surface area contributed by atoms with E-state index in [0.717, 1.165) is 57.5 Å². The van der Waals surface area contributed by atoms with Crippen molar-refractivity contribution in [2.75, 3.05) is 43.0 Å². The molecule has 0 bridgehead atoms. The van der Waals surface area contributed by atoms with E-state index >= 15 is 0 Å². The third kappa shape index (κ3) is 5.04. The number of piperazine rings is 1. The minimum absolute atomic E-state index is 0.0186. The normalized spacial score (nSPS) is 16.4. The van der Waals surface area contributed by atoms with Crippen LogP contribution < -0.4 is 25.8 Å². The summed E-state index contributed by atoms with van der Waals surface area (Å²) >= 11 is 0. The molecule has 0 radical (unpaired) electrons. The number of carbonyl (C=O) groups excluding carboxylic acids is 1. The quantitative estimate of drug-likeness (QED) is 0.510. The first kappa shape index (κ1) is 23.0. The molecule has 1 saturated carbocycles. The molecule has 3 aromatic heterocycles. The lowest BCUT2D eigenvalue weighted by Crippen LogP contribution is -2.43. The van der Waals surface area contributed by atoms with Crippen LogP contribution in [0.15, 0.2) is 35.4 Å². The molecule has 4 heterocycles. The first-order valence-corrected chi connectivity index (χ1v) is 12.1. The molecule has 0 atom stereocenters. The summed E-state index contributed by atoms with van der Waals surface area (Å²) in [6, 6.07) is 5.39. The van der Waals surface area contributed by atoms with Crippen molar-refractivity contribution in [1.82, 2.24) is 24.8 Å². The number of nitrogens with zero attached hydrogens (tertiary/aromatic N) is 5. The zero-order valence-electron chi connectivity index (χ0n) is 19.7. The molecule has 2 aliphatic rings. The smallest absolute Gasteiger partial charge is 0.434 e. The standard InChI is InChI=1S/C24H29N7O4/c1-2-34-24(33)35-19-13-16-14-27-23(29-21(16)31(22(19)32)17-5-3-4-6-17)28-20-8-7-18(15-26-20)30-11-9-25-10-12-30/h7-8,13-15,17,25H,2-6,9-12H2,1H3,(H,26,27,28,29). The SMILES string of the molecule is CCOC(=O)Oc1cc2cnc(Nc3ccc(N4CCNCC4)cn3)nc2n(C2CCCC2)c1=O. The Labute approximate surface area is 202 Å². The summed E-state index contributed by atoms with van der Waals surface area (Å²) < 4.78 is 11.7. The van der Waals surface area contributed by atoms with E-state index in [9.17, 15) is 9.59 Å². The van der Waals surface area contributed by atoms with Crippen molar-refractivity contribution in [2.45, 2.75) is 38.6 Å². The molecule has 184 valence electrons. The lowest BCUT2D eigenvalue weighted by Gasteiger charge is -2.29. The van der Waals surface area contributed by atoms with Gasteiger partial charge < -0.3 is 25.0 Å². The fraction of sp³-hybridized carbons (Fsp3) is 0.458. The number of aromatic nitrogens is 4. The highest BCUT2D eigenvalue weighted by atomic mass is 16.7. The summed E-state index contributed by atoms with van der Waals surface area (Å²) in [5, 5.41) is 7.09. The number of hydrogen-bond donors (Lipinski definition) is 2. The average molecular weight is 480 g/mol. The number of pyridine rings is 2. The first-order chi connectivity index (χ1) is 17.1. The van der Waals surface area contributed by atoms with Crippen LogP contribution in [-0.2, 0) is 4.74 Å². The molecule has 11 heteroatoms. The van der Waals surface area contributed by atoms with Crippen LogP contribution in [0.3, 0.4) is 0 Å². The van der Waals surface area contributed by atoms with Crippen LogP contribution in [-0.4, -0.2) is 58.5 Å². The molecular weight excluding hydrogens is 450 g/mol. The van der Waals surface area contributed by atoms with Crippen LogP contribution in [0, 0.1) is 0 Å². The zero-order chi connectivity index (χ0) is 24.2. The molecule has 0 spiro atoms. The minimum Gasteiger partial charge on any atom is -0.434 e. The van der Waals surface area contributed by atoms with Crippen molar-refractivity contribution in [3.05, 3.63) is 40.9 Å². The predicted octanol–water partition coefficient (Wildman–Crippen LogP) is 2.99. The van der Waals surface area contributed by atoms with Gasteiger partial charge in [0.1, 0.15) is 11.5 Å². The van der Waals surface area contributed by atoms with Gasteiger partial charge in [-0.3, -0.25) is 9.36 Å². The molecule has 5 rings (SSSR count). The average Bonchev–Trinajstić information content (AvgIpc) is 3.40. The van der Waals surface area contributed by atoms with Gasteiger partial charge in [-0.2, -0.15) is 4.98 Å². The predicted molar refractivity (Wildman–Crippen MR) is 132 cm³/mol. The van der Waals surface area contributed by atoms with E-state index in [4.69, 9.17) is 9.47 Å². The molecule has 35 heavy (non-hydrogen) atoms. The second-order valence-corrected chi connectivity index (χ2v) is 8.64. The maximum atomic E-state index is 13.3. The fourth-order valence-corrected chi connectivity index (χ4v) is 4.65. The van der Waals surface area contributed by atoms with E-state index in [1.165, 1.54) is 6.07 Å². The number of anilines is 3. The Balaban J connectivity index is 1.45. The minimum atomic E-state index is -0.906. The van der Waals surface area contributed by atoms with Gasteiger partial charge in [-0.05, 0) is 38.0 Å². The Morgan fingerprint density at radius 2 is 1.97 bits per heavy atom. The number of nitrogens with one attached hydrogen (secondary N) is 2. The lowest BCUT2D eigenvalue weighted by atomic mass is 10.2. The van der Waals surface area contributed by atoms with Gasteiger partial charge in [0.15, 0.2) is 0 Å². The molecule has 3 aromatic rings. The first-order valence-electron chi connectivity index (χ1n) is 12.1. The maximum absolute atomic E-state index is 13.3. The third-order valence-corrected chi connectivity index (χ3v) is 6.36. The van der Waals surface area contributed by atoms with E-state index in [1.807, 2.05) is 18.3 Å². The Morgan fingerprint density at radius 3 is 2.69 bits per heavy atom. The van der Waals surface area contributed by atoms with E-state index in [0.29, 0.717) is 22.8 Å². The lowest BCUT2D eigenvalue weighted by molar-refractivity contribution is 0.103. The highest BCUT2D eigenvalue weighted by Crippen LogP contribution is 2.31. The number of ether oxygens (including phenoxy) is 2. The maximum Gasteiger partial charge on any atom is 0.514 e. The van der Waals surface area contributed by atoms with Gasteiger partial charge in [-0.25, -0.2) is 14.8 Å². The van der Waals surface area contributed by atoms with Crippen LogP contribution in [0.4, 0.5) is 22.2 Å². The largest absolute Gasteiger partial charge is 0.514 e. The fourth-order valence-electron chi connectivity index (χ4n) is 4.65. The second kappa shape index (κ2) is 10.3. The van der Waals surface area contributed by atoms with Gasteiger partial charge in [-0.1, -0.05) is 12.8 Å². The van der Waals surface area contributed by atoms with Crippen molar-refractivity contribution in [3.63, 3.8) is 0 Å². The summed E-state index contributed by atoms with van der Waals surface area (Å²) in [4.78, 5) is 41.0. The molecule has 1 aliphatic heterocycles. The second-order valence-electron chi connectivity index (χ2n) is 8.64. The Bertz CT molecular complexity index is 1250. The van der Waals surface area contributed by atoms with Gasteiger partial charge in [0.05, 0.1) is 18.5 Å². The van der Waals surface area contributed by atoms with Crippen LogP contribution >= 0.6 is 0 Å². The van der Waals surface area contributed by atoms with Crippen LogP contribution in [0.25, 0.3) is 11.0 Å². The van der Waals surface area contributed by atoms with E-state index in [-0.39, 0.29) is 18.4 Å². The molecule has 0 amide bonds. The van der Waals surface area contributed by atoms with Crippen molar-refractivity contribution < 1.29 is 14.3 Å². The number of fused-ring (bicyclic) bond motifs is 1. The molecular formula is C24H29N7O4. The Morgan fingerprint density at radius 1 is 1.17 bits per heavy atom. The summed E-state index contributed by atoms with van der Waals surface area (Å²) in [5.74, 6) is 0.864. The molecule has 2 N–H and O–H groups in total. The van der Waals surface area contributed by atoms with Crippen molar-refractivity contribution >= 4 is 34.6 Å². The highest BCUT2D eigenvalue weighted by Gasteiger charge is 2.24. The molecule has 2 fully saturated rings. The van der Waals surface area contributed by atoms with Gasteiger partial charge in [0.25, 0.3) is 5.56 Å². The molecule has 1 saturated heterocycles. The van der Waals surface area contributed by atoms with Gasteiger partial charge in [0.2, 0.25) is 11.7 Å². The van der Waals surface area contributed by atoms with Gasteiger partial charge >= 0.3 is 6.16 Å². The molecule has 1 aliphatic carbocycles. The van der Waals surface area contributed by atoms with Crippen LogP contribution in [0.2, 0.25) is 0 Å². The van der Waals surface area contributed by atoms with E-state index in [2.05, 4.69) is 30.5 Å². The Kier molecular flexibility index (Phi) is 6.75. The number of carbonyl (C=O) groups is 1. The highest BCUT2D eigenvalue weighted by molar-refractivity contribution is 5.78. The monoisotopic (exact) mass is 479 g/mol. The summed E-state index contributed by atoms with van der Waals surface area (Å²) in [6.07, 6.45) is 6.32. The van der Waals surface area contributed by atoms with Gasteiger partial charge in [0, 0.05) is 43.8 Å². The number of rotatable bonds is 6. The van der Waals surface area contributed by atoms with Crippen LogP contribution in [0.5, 0.6) is 5.75 Å². The van der Waals surface area contributed by atoms with Crippen LogP contribution in [0.1, 0.15) is 38.6 Å². The molecule has 11 nitrogen and oxygen atoms in total. The van der Waals surface area contributed by atoms with Gasteiger partial charge in [-0.15, -0.1) is 0 Å². The molecule has 0 aromatic carbocycles. The third-order valence-electron chi connectivity index (χ3n) is 6.36. The van der Waals surface area contributed by atoms with E-state index in [1.54, 1.807) is 17.7 Å². The van der Waals surface area contributed by atoms with E-state index < -0.39 is 11.7 Å². The number of hydrogen-bond acceptors (Lipinski definition) is 10. The Hall–Kier alpha value is -3.73.